The van der Waals surface area contributed by atoms with Crippen molar-refractivity contribution in [2.24, 2.45) is 5.73 Å². The van der Waals surface area contributed by atoms with E-state index in [-0.39, 0.29) is 0 Å². The van der Waals surface area contributed by atoms with Crippen LogP contribution < -0.4 is 11.3 Å². The first-order chi connectivity index (χ1) is 9.61. The number of aromatic nitrogens is 2. The van der Waals surface area contributed by atoms with E-state index in [0.717, 1.165) is 4.68 Å². The van der Waals surface area contributed by atoms with E-state index in [1.54, 1.807) is 27.7 Å². The average Bonchev–Trinajstić information content (AvgIpc) is 2.65. The fourth-order valence-corrected chi connectivity index (χ4v) is 2.42. The van der Waals surface area contributed by atoms with E-state index in [1.165, 1.54) is 4.90 Å². The normalized spacial score (nSPS) is 18.3. The van der Waals surface area contributed by atoms with E-state index in [0.29, 0.717) is 24.2 Å². The Morgan fingerprint density at radius 3 is 2.52 bits per heavy atom. The highest BCUT2D eigenvalue weighted by molar-refractivity contribution is 5.74. The van der Waals surface area contributed by atoms with Crippen molar-refractivity contribution in [3.05, 3.63) is 21.6 Å². The number of hydrogen-bond donors (Lipinski definition) is 2. The summed E-state index contributed by atoms with van der Waals surface area (Å²) < 4.78 is 6.10. The van der Waals surface area contributed by atoms with Crippen LogP contribution in [0.5, 0.6) is 0 Å². The summed E-state index contributed by atoms with van der Waals surface area (Å²) in [4.78, 5) is 37.0. The van der Waals surface area contributed by atoms with Crippen LogP contribution in [-0.2, 0) is 11.2 Å². The van der Waals surface area contributed by atoms with Crippen LogP contribution in [0.25, 0.3) is 0 Å². The van der Waals surface area contributed by atoms with Gasteiger partial charge in [-0.15, -0.1) is 0 Å². The molecule has 2 rings (SSSR count). The molecular weight excluding hydrogens is 276 g/mol. The quantitative estimate of drug-likeness (QED) is 0.742. The molecule has 8 heteroatoms. The van der Waals surface area contributed by atoms with Gasteiger partial charge in [0.15, 0.2) is 0 Å². The van der Waals surface area contributed by atoms with Crippen LogP contribution in [0.3, 0.4) is 0 Å². The summed E-state index contributed by atoms with van der Waals surface area (Å²) in [5.74, 6) is 0. The summed E-state index contributed by atoms with van der Waals surface area (Å²) in [6.07, 6.45) is -0.0408. The molecule has 8 nitrogen and oxygen atoms in total. The molecule has 0 saturated heterocycles. The predicted molar refractivity (Wildman–Crippen MR) is 75.1 cm³/mol. The Kier molecular flexibility index (Phi) is 3.56. The summed E-state index contributed by atoms with van der Waals surface area (Å²) in [6, 6.07) is -1.35. The van der Waals surface area contributed by atoms with E-state index in [2.05, 4.69) is 5.10 Å². The molecule has 1 unspecified atom stereocenters. The van der Waals surface area contributed by atoms with Gasteiger partial charge in [-0.1, -0.05) is 0 Å². The molecule has 116 valence electrons. The Morgan fingerprint density at radius 2 is 2.00 bits per heavy atom. The maximum absolute atomic E-state index is 12.2. The first-order valence-electron chi connectivity index (χ1n) is 6.75. The van der Waals surface area contributed by atoms with Crippen molar-refractivity contribution in [2.75, 3.05) is 6.54 Å². The molecule has 0 aliphatic carbocycles. The number of amides is 2. The van der Waals surface area contributed by atoms with Crippen LogP contribution in [0.15, 0.2) is 4.79 Å². The van der Waals surface area contributed by atoms with Gasteiger partial charge in [-0.25, -0.2) is 9.59 Å². The fraction of sp³-hybridized carbons (Fsp3) is 0.615. The summed E-state index contributed by atoms with van der Waals surface area (Å²) in [5, 5.41) is 2.69. The summed E-state index contributed by atoms with van der Waals surface area (Å²) in [7, 11) is 0. The van der Waals surface area contributed by atoms with Crippen molar-refractivity contribution >= 4 is 12.1 Å². The molecular formula is C13H20N4O4. The van der Waals surface area contributed by atoms with Gasteiger partial charge in [0, 0.05) is 18.7 Å². The molecule has 0 saturated carbocycles. The minimum Gasteiger partial charge on any atom is -0.444 e. The maximum Gasteiger partial charge on any atom is 0.410 e. The van der Waals surface area contributed by atoms with Crippen LogP contribution in [0.2, 0.25) is 0 Å². The molecule has 0 radical (unpaired) electrons. The van der Waals surface area contributed by atoms with Crippen molar-refractivity contribution in [3.63, 3.8) is 0 Å². The second-order valence-electron chi connectivity index (χ2n) is 6.08. The van der Waals surface area contributed by atoms with Crippen LogP contribution in [-0.4, -0.2) is 39.0 Å². The molecule has 0 bridgehead atoms. The molecule has 2 amide bonds. The largest absolute Gasteiger partial charge is 0.444 e. The van der Waals surface area contributed by atoms with Crippen LogP contribution in [0, 0.1) is 0 Å². The van der Waals surface area contributed by atoms with Gasteiger partial charge in [0.2, 0.25) is 0 Å². The van der Waals surface area contributed by atoms with Crippen LogP contribution >= 0.6 is 0 Å². The van der Waals surface area contributed by atoms with Crippen molar-refractivity contribution in [1.29, 1.82) is 0 Å². The van der Waals surface area contributed by atoms with Crippen molar-refractivity contribution in [2.45, 2.75) is 45.8 Å². The Labute approximate surface area is 121 Å². The molecule has 0 fully saturated rings. The number of carbonyl (C=O) groups is 2. The van der Waals surface area contributed by atoms with E-state index in [9.17, 15) is 14.4 Å². The molecule has 3 N–H and O–H groups in total. The second-order valence-corrected chi connectivity index (χ2v) is 6.08. The van der Waals surface area contributed by atoms with Crippen LogP contribution in [0.4, 0.5) is 9.59 Å². The zero-order chi connectivity index (χ0) is 15.9. The van der Waals surface area contributed by atoms with Crippen molar-refractivity contribution < 1.29 is 14.3 Å². The lowest BCUT2D eigenvalue weighted by molar-refractivity contribution is 0.0158. The number of aromatic amines is 1. The average molecular weight is 296 g/mol. The number of nitrogens with two attached hydrogens (primary N) is 1. The third kappa shape index (κ3) is 2.79. The van der Waals surface area contributed by atoms with Crippen molar-refractivity contribution in [1.82, 2.24) is 14.7 Å². The number of carbonyl (C=O) groups excluding carboxylic acids is 2. The summed E-state index contributed by atoms with van der Waals surface area (Å²) in [5.41, 5.74) is 5.02. The highest BCUT2D eigenvalue weighted by atomic mass is 16.6. The smallest absolute Gasteiger partial charge is 0.410 e. The van der Waals surface area contributed by atoms with E-state index in [1.807, 2.05) is 0 Å². The summed E-state index contributed by atoms with van der Waals surface area (Å²) in [6.45, 7) is 7.47. The number of fused-ring (bicyclic) bond motifs is 1. The first kappa shape index (κ1) is 15.1. The third-order valence-electron chi connectivity index (χ3n) is 3.34. The van der Waals surface area contributed by atoms with E-state index in [4.69, 9.17) is 10.5 Å². The monoisotopic (exact) mass is 296 g/mol. The number of nitrogens with one attached hydrogen (secondary N) is 1. The Bertz CT molecular complexity index is 638. The SMILES string of the molecule is CC1c2c([nH]n(C(N)=O)c2=O)CCN1C(=O)OC(C)(C)C. The van der Waals surface area contributed by atoms with Gasteiger partial charge in [0.25, 0.3) is 5.56 Å². The molecule has 1 aromatic rings. The molecule has 1 atom stereocenters. The fourth-order valence-electron chi connectivity index (χ4n) is 2.42. The molecule has 0 aromatic carbocycles. The Morgan fingerprint density at radius 1 is 1.38 bits per heavy atom. The minimum absolute atomic E-state index is 0.380. The van der Waals surface area contributed by atoms with Gasteiger partial charge in [-0.2, -0.15) is 4.68 Å². The molecule has 2 heterocycles. The van der Waals surface area contributed by atoms with Crippen molar-refractivity contribution in [3.8, 4) is 0 Å². The molecule has 21 heavy (non-hydrogen) atoms. The topological polar surface area (TPSA) is 110 Å². The van der Waals surface area contributed by atoms with Gasteiger partial charge < -0.3 is 15.4 Å². The zero-order valence-corrected chi connectivity index (χ0v) is 12.6. The lowest BCUT2D eigenvalue weighted by Gasteiger charge is -2.34. The number of H-pyrrole nitrogens is 1. The number of ether oxygens (including phenoxy) is 1. The van der Waals surface area contributed by atoms with Gasteiger partial charge in [0.1, 0.15) is 5.60 Å². The molecule has 1 aliphatic rings. The third-order valence-corrected chi connectivity index (χ3v) is 3.34. The van der Waals surface area contributed by atoms with Crippen LogP contribution in [0.1, 0.15) is 45.0 Å². The standard InChI is InChI=1S/C13H20N4O4/c1-7-9-8(15-17(10(9)18)11(14)19)5-6-16(7)12(20)21-13(2,3)4/h7,15H,5-6H2,1-4H3,(H2,14,19). The highest BCUT2D eigenvalue weighted by Gasteiger charge is 2.35. The van der Waals surface area contributed by atoms with Gasteiger partial charge in [-0.05, 0) is 27.7 Å². The lowest BCUT2D eigenvalue weighted by Crippen LogP contribution is -2.43. The first-order valence-corrected chi connectivity index (χ1v) is 6.75. The number of rotatable bonds is 0. The predicted octanol–water partition coefficient (Wildman–Crippen LogP) is 0.957. The molecule has 0 spiro atoms. The maximum atomic E-state index is 12.2. The van der Waals surface area contributed by atoms with Gasteiger partial charge >= 0.3 is 12.1 Å². The van der Waals surface area contributed by atoms with Gasteiger partial charge in [0.05, 0.1) is 11.6 Å². The molecule has 1 aromatic heterocycles. The van der Waals surface area contributed by atoms with Gasteiger partial charge in [-0.3, -0.25) is 9.89 Å². The van der Waals surface area contributed by atoms with E-state index < -0.39 is 29.3 Å². The number of hydrogen-bond acceptors (Lipinski definition) is 4. The zero-order valence-electron chi connectivity index (χ0n) is 12.6. The summed E-state index contributed by atoms with van der Waals surface area (Å²) >= 11 is 0. The highest BCUT2D eigenvalue weighted by Crippen LogP contribution is 2.27. The lowest BCUT2D eigenvalue weighted by atomic mass is 10.0. The number of primary amides is 1. The number of nitrogens with zero attached hydrogens (tertiary/aromatic N) is 2. The Hall–Kier alpha value is -2.25. The molecule has 1 aliphatic heterocycles. The Balaban J connectivity index is 2.32. The minimum atomic E-state index is -0.870. The van der Waals surface area contributed by atoms with E-state index >= 15 is 0 Å². The second kappa shape index (κ2) is 4.94.